The molecule has 0 aromatic heterocycles. The number of fused-ring (bicyclic) bond motifs is 1. The molecule has 1 aliphatic rings. The van der Waals surface area contributed by atoms with Crippen molar-refractivity contribution < 1.29 is 9.69 Å². The molecular weight excluding hydrogens is 396 g/mol. The predicted octanol–water partition coefficient (Wildman–Crippen LogP) is 3.57. The second-order valence-corrected chi connectivity index (χ2v) is 8.85. The maximum atomic E-state index is 12.6. The summed E-state index contributed by atoms with van der Waals surface area (Å²) in [4.78, 5) is 16.2. The third-order valence-corrected chi connectivity index (χ3v) is 6.30. The Kier molecular flexibility index (Phi) is 6.76. The predicted molar refractivity (Wildman–Crippen MR) is 131 cm³/mol. The van der Waals surface area contributed by atoms with Gasteiger partial charge in [-0.2, -0.15) is 0 Å². The van der Waals surface area contributed by atoms with E-state index < -0.39 is 0 Å². The second-order valence-electron chi connectivity index (χ2n) is 8.85. The van der Waals surface area contributed by atoms with Gasteiger partial charge in [-0.05, 0) is 42.3 Å². The Morgan fingerprint density at radius 1 is 1.00 bits per heavy atom. The van der Waals surface area contributed by atoms with Gasteiger partial charge in [0.05, 0.1) is 13.1 Å². The molecule has 1 heterocycles. The molecule has 0 saturated heterocycles. The first-order chi connectivity index (χ1) is 15.5. The zero-order valence-corrected chi connectivity index (χ0v) is 19.2. The topological polar surface area (TPSA) is 48.8 Å². The number of nitrogens with zero attached hydrogens (tertiary/aromatic N) is 1. The standard InChI is InChI=1S/C27H32N4O/c1-20-7-6-10-24(17-20)29-27(32)28-18-26(22-11-13-25(14-12-22)30(2)3)31-16-15-21-8-4-5-9-23(21)19-31/h4-14,17,26H,15-16,18-19H2,1-3H3,(H2,28,29,32)/p+1/t26-/m0/s1. The lowest BCUT2D eigenvalue weighted by Gasteiger charge is -2.33. The molecule has 1 unspecified atom stereocenters. The third-order valence-electron chi connectivity index (χ3n) is 6.30. The van der Waals surface area contributed by atoms with E-state index in [1.165, 1.54) is 27.3 Å². The summed E-state index contributed by atoms with van der Waals surface area (Å²) in [7, 11) is 4.10. The van der Waals surface area contributed by atoms with Crippen LogP contribution in [0, 0.1) is 6.92 Å². The first kappa shape index (κ1) is 21.9. The van der Waals surface area contributed by atoms with E-state index >= 15 is 0 Å². The van der Waals surface area contributed by atoms with E-state index in [0.29, 0.717) is 6.54 Å². The van der Waals surface area contributed by atoms with Crippen LogP contribution in [0.3, 0.4) is 0 Å². The van der Waals surface area contributed by atoms with Crippen molar-refractivity contribution in [2.45, 2.75) is 25.9 Å². The number of amides is 2. The lowest BCUT2D eigenvalue weighted by Crippen LogP contribution is -3.12. The molecule has 2 atom stereocenters. The normalized spacial score (nSPS) is 16.0. The van der Waals surface area contributed by atoms with Crippen LogP contribution >= 0.6 is 0 Å². The fraction of sp³-hybridized carbons (Fsp3) is 0.296. The summed E-state index contributed by atoms with van der Waals surface area (Å²) >= 11 is 0. The molecule has 0 fully saturated rings. The lowest BCUT2D eigenvalue weighted by atomic mass is 9.96. The van der Waals surface area contributed by atoms with Crippen LogP contribution < -0.4 is 20.4 Å². The Balaban J connectivity index is 1.50. The monoisotopic (exact) mass is 429 g/mol. The number of hydrogen-bond donors (Lipinski definition) is 3. The Morgan fingerprint density at radius 2 is 1.75 bits per heavy atom. The van der Waals surface area contributed by atoms with Gasteiger partial charge in [-0.25, -0.2) is 4.79 Å². The van der Waals surface area contributed by atoms with Gasteiger partial charge in [0.25, 0.3) is 0 Å². The quantitative estimate of drug-likeness (QED) is 0.561. The van der Waals surface area contributed by atoms with E-state index in [1.807, 2.05) is 31.2 Å². The molecule has 4 rings (SSSR count). The Bertz CT molecular complexity index is 1060. The highest BCUT2D eigenvalue weighted by Gasteiger charge is 2.29. The van der Waals surface area contributed by atoms with Crippen LogP contribution in [-0.2, 0) is 13.0 Å². The fourth-order valence-electron chi connectivity index (χ4n) is 4.50. The minimum absolute atomic E-state index is 0.165. The molecule has 5 nitrogen and oxygen atoms in total. The second kappa shape index (κ2) is 9.88. The van der Waals surface area contributed by atoms with Gasteiger partial charge in [-0.15, -0.1) is 0 Å². The molecule has 3 N–H and O–H groups in total. The van der Waals surface area contributed by atoms with Gasteiger partial charge in [0.1, 0.15) is 12.6 Å². The molecule has 5 heteroatoms. The SMILES string of the molecule is Cc1cccc(NC(=O)NC[C@@H](c2ccc(N(C)C)cc2)[NH+]2CCc3ccccc3C2)c1. The van der Waals surface area contributed by atoms with Crippen LogP contribution in [0.25, 0.3) is 0 Å². The van der Waals surface area contributed by atoms with E-state index in [-0.39, 0.29) is 12.1 Å². The highest BCUT2D eigenvalue weighted by molar-refractivity contribution is 5.89. The number of anilines is 2. The smallest absolute Gasteiger partial charge is 0.319 e. The Labute approximate surface area is 191 Å². The van der Waals surface area contributed by atoms with Crippen LogP contribution in [-0.4, -0.2) is 33.2 Å². The van der Waals surface area contributed by atoms with Crippen molar-refractivity contribution in [3.8, 4) is 0 Å². The molecule has 0 radical (unpaired) electrons. The third kappa shape index (κ3) is 5.29. The van der Waals surface area contributed by atoms with Gasteiger partial charge >= 0.3 is 6.03 Å². The number of quaternary nitrogens is 1. The first-order valence-electron chi connectivity index (χ1n) is 11.3. The van der Waals surface area contributed by atoms with Crippen LogP contribution in [0.1, 0.15) is 28.3 Å². The van der Waals surface area contributed by atoms with Crippen molar-refractivity contribution in [3.63, 3.8) is 0 Å². The number of carbonyl (C=O) groups excluding carboxylic acids is 1. The van der Waals surface area contributed by atoms with Crippen LogP contribution in [0.4, 0.5) is 16.2 Å². The van der Waals surface area contributed by atoms with Crippen LogP contribution in [0.15, 0.2) is 72.8 Å². The summed E-state index contributed by atoms with van der Waals surface area (Å²) in [6, 6.07) is 25.3. The van der Waals surface area contributed by atoms with Crippen molar-refractivity contribution in [2.24, 2.45) is 0 Å². The molecule has 166 valence electrons. The number of nitrogens with one attached hydrogen (secondary N) is 3. The Hall–Kier alpha value is -3.31. The summed E-state index contributed by atoms with van der Waals surface area (Å²) < 4.78 is 0. The highest BCUT2D eigenvalue weighted by Crippen LogP contribution is 2.19. The lowest BCUT2D eigenvalue weighted by molar-refractivity contribution is -0.945. The molecule has 2 amide bonds. The van der Waals surface area contributed by atoms with Gasteiger partial charge in [-0.3, -0.25) is 0 Å². The number of carbonyl (C=O) groups is 1. The molecule has 3 aromatic rings. The largest absolute Gasteiger partial charge is 0.378 e. The number of hydrogen-bond acceptors (Lipinski definition) is 2. The maximum absolute atomic E-state index is 12.6. The molecule has 0 bridgehead atoms. The van der Waals surface area contributed by atoms with Gasteiger partial charge in [0.15, 0.2) is 0 Å². The molecule has 0 saturated carbocycles. The molecule has 0 aliphatic carbocycles. The van der Waals surface area contributed by atoms with Gasteiger partial charge in [0, 0.05) is 43.0 Å². The van der Waals surface area contributed by atoms with E-state index in [9.17, 15) is 4.79 Å². The molecule has 0 spiro atoms. The molecule has 1 aliphatic heterocycles. The average Bonchev–Trinajstić information content (AvgIpc) is 2.79. The van der Waals surface area contributed by atoms with Crippen LogP contribution in [0.2, 0.25) is 0 Å². The number of aryl methyl sites for hydroxylation is 1. The van der Waals surface area contributed by atoms with Crippen molar-refractivity contribution in [3.05, 3.63) is 95.1 Å². The number of benzene rings is 3. The molecular formula is C27H33N4O+. The van der Waals surface area contributed by atoms with E-state index in [2.05, 4.69) is 78.2 Å². The summed E-state index contributed by atoms with van der Waals surface area (Å²) in [6.07, 6.45) is 1.06. The van der Waals surface area contributed by atoms with Crippen molar-refractivity contribution >= 4 is 17.4 Å². The highest BCUT2D eigenvalue weighted by atomic mass is 16.2. The average molecular weight is 430 g/mol. The van der Waals surface area contributed by atoms with E-state index in [4.69, 9.17) is 0 Å². The van der Waals surface area contributed by atoms with Crippen molar-refractivity contribution in [1.82, 2.24) is 5.32 Å². The van der Waals surface area contributed by atoms with Gasteiger partial charge < -0.3 is 20.4 Å². The summed E-state index contributed by atoms with van der Waals surface area (Å²) in [5, 5.41) is 6.09. The molecule has 32 heavy (non-hydrogen) atoms. The van der Waals surface area contributed by atoms with E-state index in [1.54, 1.807) is 0 Å². The maximum Gasteiger partial charge on any atom is 0.319 e. The van der Waals surface area contributed by atoms with Crippen LogP contribution in [0.5, 0.6) is 0 Å². The number of rotatable bonds is 6. The van der Waals surface area contributed by atoms with Gasteiger partial charge in [-0.1, -0.05) is 48.5 Å². The Morgan fingerprint density at radius 3 is 2.47 bits per heavy atom. The fourth-order valence-corrected chi connectivity index (χ4v) is 4.50. The summed E-state index contributed by atoms with van der Waals surface area (Å²) in [6.45, 7) is 4.63. The van der Waals surface area contributed by atoms with Gasteiger partial charge in [0.2, 0.25) is 0 Å². The summed E-state index contributed by atoms with van der Waals surface area (Å²) in [5.74, 6) is 0. The minimum Gasteiger partial charge on any atom is -0.378 e. The summed E-state index contributed by atoms with van der Waals surface area (Å²) in [5.41, 5.74) is 7.22. The number of urea groups is 1. The molecule has 3 aromatic carbocycles. The zero-order chi connectivity index (χ0) is 22.5. The van der Waals surface area contributed by atoms with E-state index in [0.717, 1.165) is 30.8 Å². The van der Waals surface area contributed by atoms with Crippen molar-refractivity contribution in [1.29, 1.82) is 0 Å². The first-order valence-corrected chi connectivity index (χ1v) is 11.3. The minimum atomic E-state index is -0.165. The van der Waals surface area contributed by atoms with Crippen molar-refractivity contribution in [2.75, 3.05) is 37.4 Å². The zero-order valence-electron chi connectivity index (χ0n) is 19.2.